The van der Waals surface area contributed by atoms with Crippen molar-refractivity contribution in [2.24, 2.45) is 0 Å². The molecule has 5 nitrogen and oxygen atoms in total. The Hall–Kier alpha value is -1.36. The second-order valence-electron chi connectivity index (χ2n) is 3.91. The molecule has 86 valence electrons. The van der Waals surface area contributed by atoms with Crippen molar-refractivity contribution >= 4 is 23.5 Å². The van der Waals surface area contributed by atoms with Crippen LogP contribution in [0.25, 0.3) is 0 Å². The third-order valence-corrected chi connectivity index (χ3v) is 2.51. The van der Waals surface area contributed by atoms with E-state index in [1.807, 2.05) is 14.1 Å². The van der Waals surface area contributed by atoms with Gasteiger partial charge in [-0.3, -0.25) is 0 Å². The average molecular weight is 240 g/mol. The van der Waals surface area contributed by atoms with Crippen LogP contribution in [0.4, 0.5) is 11.9 Å². The van der Waals surface area contributed by atoms with E-state index in [0.29, 0.717) is 17.9 Å². The maximum Gasteiger partial charge on any atom is 0.230 e. The average Bonchev–Trinajstić information content (AvgIpc) is 2.69. The first-order chi connectivity index (χ1) is 7.65. The van der Waals surface area contributed by atoms with E-state index in [-0.39, 0.29) is 5.28 Å². The van der Waals surface area contributed by atoms with Crippen LogP contribution >= 0.6 is 11.6 Å². The molecule has 0 spiro atoms. The summed E-state index contributed by atoms with van der Waals surface area (Å²) >= 11 is 5.84. The fourth-order valence-electron chi connectivity index (χ4n) is 1.52. The second-order valence-corrected chi connectivity index (χ2v) is 4.24. The topological polar surface area (TPSA) is 53.9 Å². The van der Waals surface area contributed by atoms with Crippen molar-refractivity contribution in [3.05, 3.63) is 17.4 Å². The maximum atomic E-state index is 5.84. The number of halogens is 1. The zero-order chi connectivity index (χ0) is 11.5. The van der Waals surface area contributed by atoms with Crippen molar-refractivity contribution in [1.29, 1.82) is 0 Å². The number of anilines is 2. The Kier molecular flexibility index (Phi) is 3.24. The molecule has 0 bridgehead atoms. The third kappa shape index (κ3) is 2.61. The van der Waals surface area contributed by atoms with Crippen LogP contribution in [0, 0.1) is 0 Å². The Morgan fingerprint density at radius 3 is 2.56 bits per heavy atom. The number of aromatic nitrogens is 3. The summed E-state index contributed by atoms with van der Waals surface area (Å²) in [6, 6.07) is 0.369. The van der Waals surface area contributed by atoms with Gasteiger partial charge in [0.25, 0.3) is 0 Å². The molecule has 16 heavy (non-hydrogen) atoms. The molecule has 0 saturated carbocycles. The molecule has 0 saturated heterocycles. The molecule has 1 aromatic rings. The summed E-state index contributed by atoms with van der Waals surface area (Å²) in [7, 11) is 3.74. The molecule has 1 aliphatic carbocycles. The molecule has 0 aliphatic heterocycles. The SMILES string of the molecule is CN(C)c1nc(Cl)nc(NC2CC=CC2)n1. The van der Waals surface area contributed by atoms with Gasteiger partial charge in [0.15, 0.2) is 0 Å². The van der Waals surface area contributed by atoms with Crippen LogP contribution in [0.2, 0.25) is 5.28 Å². The molecule has 0 atom stereocenters. The van der Waals surface area contributed by atoms with Gasteiger partial charge in [0.05, 0.1) is 0 Å². The molecular weight excluding hydrogens is 226 g/mol. The fraction of sp³-hybridized carbons (Fsp3) is 0.500. The van der Waals surface area contributed by atoms with E-state index < -0.39 is 0 Å². The molecular formula is C10H14ClN5. The summed E-state index contributed by atoms with van der Waals surface area (Å²) in [6.45, 7) is 0. The standard InChI is InChI=1S/C10H14ClN5/c1-16(2)10-14-8(11)13-9(15-10)12-7-5-3-4-6-7/h3-4,7H,5-6H2,1-2H3,(H,12,13,14,15). The molecule has 0 radical (unpaired) electrons. The molecule has 1 N–H and O–H groups in total. The first-order valence-corrected chi connectivity index (χ1v) is 5.53. The summed E-state index contributed by atoms with van der Waals surface area (Å²) in [4.78, 5) is 14.2. The molecule has 1 heterocycles. The molecule has 0 fully saturated rings. The molecule has 1 aliphatic rings. The third-order valence-electron chi connectivity index (χ3n) is 2.34. The van der Waals surface area contributed by atoms with Crippen LogP contribution in [-0.4, -0.2) is 35.1 Å². The van der Waals surface area contributed by atoms with E-state index in [9.17, 15) is 0 Å². The van der Waals surface area contributed by atoms with Gasteiger partial charge in [-0.1, -0.05) is 12.2 Å². The minimum Gasteiger partial charge on any atom is -0.351 e. The molecule has 0 unspecified atom stereocenters. The molecule has 1 aromatic heterocycles. The lowest BCUT2D eigenvalue weighted by Gasteiger charge is -2.14. The Morgan fingerprint density at radius 1 is 1.25 bits per heavy atom. The van der Waals surface area contributed by atoms with Crippen LogP contribution < -0.4 is 10.2 Å². The lowest BCUT2D eigenvalue weighted by Crippen LogP contribution is -2.20. The minimum absolute atomic E-state index is 0.215. The second kappa shape index (κ2) is 4.65. The highest BCUT2D eigenvalue weighted by atomic mass is 35.5. The Labute approximate surface area is 99.6 Å². The van der Waals surface area contributed by atoms with Crippen LogP contribution in [0.15, 0.2) is 12.2 Å². The quantitative estimate of drug-likeness (QED) is 0.814. The number of rotatable bonds is 3. The zero-order valence-corrected chi connectivity index (χ0v) is 10.1. The summed E-state index contributed by atoms with van der Waals surface area (Å²) < 4.78 is 0. The highest BCUT2D eigenvalue weighted by Gasteiger charge is 2.13. The smallest absolute Gasteiger partial charge is 0.230 e. The largest absolute Gasteiger partial charge is 0.351 e. The van der Waals surface area contributed by atoms with Crippen LogP contribution in [0.5, 0.6) is 0 Å². The van der Waals surface area contributed by atoms with E-state index in [1.165, 1.54) is 0 Å². The van der Waals surface area contributed by atoms with Crippen molar-refractivity contribution in [3.8, 4) is 0 Å². The Bertz CT molecular complexity index is 396. The van der Waals surface area contributed by atoms with Crippen LogP contribution in [0.1, 0.15) is 12.8 Å². The highest BCUT2D eigenvalue weighted by Crippen LogP contribution is 2.16. The highest BCUT2D eigenvalue weighted by molar-refractivity contribution is 6.28. The van der Waals surface area contributed by atoms with Gasteiger partial charge in [-0.05, 0) is 24.4 Å². The number of hydrogen-bond acceptors (Lipinski definition) is 5. The zero-order valence-electron chi connectivity index (χ0n) is 9.31. The molecule has 2 rings (SSSR count). The summed E-state index contributed by atoms with van der Waals surface area (Å²) in [5.41, 5.74) is 0. The molecule has 0 aromatic carbocycles. The van der Waals surface area contributed by atoms with Gasteiger partial charge in [0.1, 0.15) is 0 Å². The maximum absolute atomic E-state index is 5.84. The van der Waals surface area contributed by atoms with Gasteiger partial charge in [-0.15, -0.1) is 0 Å². The summed E-state index contributed by atoms with van der Waals surface area (Å²) in [5.74, 6) is 1.10. The van der Waals surface area contributed by atoms with Crippen LogP contribution in [0.3, 0.4) is 0 Å². The van der Waals surface area contributed by atoms with E-state index in [2.05, 4.69) is 32.4 Å². The number of hydrogen-bond donors (Lipinski definition) is 1. The van der Waals surface area contributed by atoms with Crippen molar-refractivity contribution < 1.29 is 0 Å². The van der Waals surface area contributed by atoms with E-state index in [0.717, 1.165) is 12.8 Å². The van der Waals surface area contributed by atoms with Crippen molar-refractivity contribution in [2.45, 2.75) is 18.9 Å². The monoisotopic (exact) mass is 239 g/mol. The lowest BCUT2D eigenvalue weighted by atomic mass is 10.2. The van der Waals surface area contributed by atoms with E-state index in [1.54, 1.807) is 4.90 Å². The molecule has 6 heteroatoms. The number of nitrogens with one attached hydrogen (secondary N) is 1. The Morgan fingerprint density at radius 2 is 1.94 bits per heavy atom. The normalized spacial score (nSPS) is 15.4. The summed E-state index contributed by atoms with van der Waals surface area (Å²) in [5, 5.41) is 3.46. The van der Waals surface area contributed by atoms with Gasteiger partial charge in [0.2, 0.25) is 17.2 Å². The summed E-state index contributed by atoms with van der Waals surface area (Å²) in [6.07, 6.45) is 6.29. The number of nitrogens with zero attached hydrogens (tertiary/aromatic N) is 4. The van der Waals surface area contributed by atoms with Crippen molar-refractivity contribution in [2.75, 3.05) is 24.3 Å². The first kappa shape index (κ1) is 11.1. The van der Waals surface area contributed by atoms with Crippen molar-refractivity contribution in [1.82, 2.24) is 15.0 Å². The first-order valence-electron chi connectivity index (χ1n) is 5.15. The minimum atomic E-state index is 0.215. The van der Waals surface area contributed by atoms with Gasteiger partial charge >= 0.3 is 0 Å². The fourth-order valence-corrected chi connectivity index (χ4v) is 1.68. The lowest BCUT2D eigenvalue weighted by molar-refractivity contribution is 0.769. The van der Waals surface area contributed by atoms with E-state index >= 15 is 0 Å². The van der Waals surface area contributed by atoms with Gasteiger partial charge in [-0.25, -0.2) is 0 Å². The van der Waals surface area contributed by atoms with E-state index in [4.69, 9.17) is 11.6 Å². The van der Waals surface area contributed by atoms with Crippen LogP contribution in [-0.2, 0) is 0 Å². The molecule has 0 amide bonds. The predicted molar refractivity (Wildman–Crippen MR) is 64.9 cm³/mol. The van der Waals surface area contributed by atoms with Gasteiger partial charge < -0.3 is 10.2 Å². The van der Waals surface area contributed by atoms with Gasteiger partial charge in [-0.2, -0.15) is 15.0 Å². The van der Waals surface area contributed by atoms with Crippen molar-refractivity contribution in [3.63, 3.8) is 0 Å². The predicted octanol–water partition coefficient (Wildman–Crippen LogP) is 1.72. The van der Waals surface area contributed by atoms with Gasteiger partial charge in [0, 0.05) is 20.1 Å². The Balaban J connectivity index is 2.13.